The van der Waals surface area contributed by atoms with Crippen LogP contribution in [0.1, 0.15) is 38.1 Å². The second-order valence-electron chi connectivity index (χ2n) is 8.50. The first-order valence-corrected chi connectivity index (χ1v) is 11.2. The summed E-state index contributed by atoms with van der Waals surface area (Å²) in [6, 6.07) is 14.3. The lowest BCUT2D eigenvalue weighted by Crippen LogP contribution is -2.24. The smallest absolute Gasteiger partial charge is 0.411 e. The second kappa shape index (κ2) is 10.8. The van der Waals surface area contributed by atoms with Crippen LogP contribution in [0.4, 0.5) is 19.3 Å². The summed E-state index contributed by atoms with van der Waals surface area (Å²) in [5, 5.41) is 2.62. The van der Waals surface area contributed by atoms with E-state index in [2.05, 4.69) is 40.5 Å². The zero-order chi connectivity index (χ0) is 24.0. The molecule has 8 heteroatoms. The van der Waals surface area contributed by atoms with Crippen LogP contribution < -0.4 is 10.0 Å². The number of nitrogens with zero attached hydrogens (tertiary/aromatic N) is 1. The van der Waals surface area contributed by atoms with Crippen LogP contribution in [-0.2, 0) is 11.2 Å². The molecule has 5 nitrogen and oxygen atoms in total. The third-order valence-corrected chi connectivity index (χ3v) is 5.68. The fraction of sp³-hybridized carbons (Fsp3) is 0.280. The van der Waals surface area contributed by atoms with Gasteiger partial charge < -0.3 is 4.74 Å². The summed E-state index contributed by atoms with van der Waals surface area (Å²) < 4.78 is 35.7. The van der Waals surface area contributed by atoms with Crippen molar-refractivity contribution in [2.75, 3.05) is 12.4 Å². The van der Waals surface area contributed by atoms with E-state index in [0.717, 1.165) is 22.9 Å². The van der Waals surface area contributed by atoms with Crippen LogP contribution >= 0.6 is 11.9 Å². The molecule has 0 fully saturated rings. The Morgan fingerprint density at radius 1 is 1.09 bits per heavy atom. The lowest BCUT2D eigenvalue weighted by atomic mass is 9.96. The van der Waals surface area contributed by atoms with Crippen molar-refractivity contribution in [2.24, 2.45) is 0 Å². The molecule has 1 atom stereocenters. The highest BCUT2D eigenvalue weighted by atomic mass is 32.2. The first-order valence-electron chi connectivity index (χ1n) is 10.4. The van der Waals surface area contributed by atoms with Gasteiger partial charge in [0.1, 0.15) is 11.6 Å². The molecule has 3 aromatic rings. The molecule has 3 rings (SSSR count). The molecule has 0 bridgehead atoms. The van der Waals surface area contributed by atoms with E-state index >= 15 is 0 Å². The third-order valence-electron chi connectivity index (χ3n) is 4.67. The molecule has 0 aliphatic carbocycles. The van der Waals surface area contributed by atoms with Crippen LogP contribution in [0.2, 0.25) is 0 Å². The van der Waals surface area contributed by atoms with Crippen LogP contribution in [0.5, 0.6) is 0 Å². The highest BCUT2D eigenvalue weighted by Crippen LogP contribution is 2.32. The number of rotatable bonds is 7. The fourth-order valence-electron chi connectivity index (χ4n) is 3.25. The molecule has 1 unspecified atom stereocenters. The number of nitrogens with one attached hydrogen (secondary N) is 2. The number of carbonyl (C=O) groups is 1. The summed E-state index contributed by atoms with van der Waals surface area (Å²) in [5.41, 5.74) is 3.67. The first-order chi connectivity index (χ1) is 15.6. The van der Waals surface area contributed by atoms with Crippen molar-refractivity contribution < 1.29 is 18.3 Å². The van der Waals surface area contributed by atoms with Gasteiger partial charge in [0.15, 0.2) is 0 Å². The Morgan fingerprint density at radius 2 is 1.76 bits per heavy atom. The molecule has 0 saturated heterocycles. The van der Waals surface area contributed by atoms with Crippen molar-refractivity contribution in [3.63, 3.8) is 0 Å². The minimum Gasteiger partial charge on any atom is -0.453 e. The largest absolute Gasteiger partial charge is 0.453 e. The van der Waals surface area contributed by atoms with E-state index < -0.39 is 17.7 Å². The molecule has 33 heavy (non-hydrogen) atoms. The lowest BCUT2D eigenvalue weighted by molar-refractivity contribution is 0.187. The summed E-state index contributed by atoms with van der Waals surface area (Å²) in [7, 11) is 1.30. The minimum atomic E-state index is -0.609. The predicted octanol–water partition coefficient (Wildman–Crippen LogP) is 6.53. The van der Waals surface area contributed by atoms with E-state index in [4.69, 9.17) is 0 Å². The van der Waals surface area contributed by atoms with E-state index in [9.17, 15) is 13.6 Å². The van der Waals surface area contributed by atoms with E-state index in [1.165, 1.54) is 19.2 Å². The van der Waals surface area contributed by atoms with Gasteiger partial charge in [0.25, 0.3) is 0 Å². The zero-order valence-corrected chi connectivity index (χ0v) is 19.8. The van der Waals surface area contributed by atoms with Gasteiger partial charge in [0.2, 0.25) is 0 Å². The molecule has 0 radical (unpaired) electrons. The van der Waals surface area contributed by atoms with Crippen LogP contribution in [0.3, 0.4) is 0 Å². The number of methoxy groups -OCH3 is 1. The molecular weight excluding hydrogens is 444 g/mol. The molecule has 2 aromatic carbocycles. The van der Waals surface area contributed by atoms with E-state index in [1.807, 2.05) is 24.3 Å². The molecular formula is C25H27F2N3O2S. The third kappa shape index (κ3) is 7.27. The normalized spacial score (nSPS) is 12.3. The Morgan fingerprint density at radius 3 is 2.36 bits per heavy atom. The molecule has 0 saturated carbocycles. The van der Waals surface area contributed by atoms with Crippen LogP contribution in [0.15, 0.2) is 60.8 Å². The predicted molar refractivity (Wildman–Crippen MR) is 129 cm³/mol. The van der Waals surface area contributed by atoms with Crippen molar-refractivity contribution in [1.29, 1.82) is 0 Å². The van der Waals surface area contributed by atoms with E-state index in [-0.39, 0.29) is 10.8 Å². The molecule has 174 valence electrons. The van der Waals surface area contributed by atoms with Crippen molar-refractivity contribution in [3.8, 4) is 11.1 Å². The standard InChI is InChI=1S/C25H27F2N3O2S/c1-25(2,3)33-30-22(14-16-12-18(26)15-19(27)13-16)23-21(6-5-11-28-23)17-7-9-20(10-8-17)29-24(31)32-4/h5-13,15,22,30H,14H2,1-4H3,(H,29,31). The molecule has 1 amide bonds. The van der Waals surface area contributed by atoms with Crippen molar-refractivity contribution in [2.45, 2.75) is 38.0 Å². The van der Waals surface area contributed by atoms with Gasteiger partial charge >= 0.3 is 6.09 Å². The second-order valence-corrected chi connectivity index (χ2v) is 10.2. The number of carbonyl (C=O) groups excluding carboxylic acids is 1. The molecule has 1 aromatic heterocycles. The Kier molecular flexibility index (Phi) is 8.05. The van der Waals surface area contributed by atoms with Crippen molar-refractivity contribution >= 4 is 23.7 Å². The number of hydrogen-bond acceptors (Lipinski definition) is 5. The quantitative estimate of drug-likeness (QED) is 0.384. The lowest BCUT2D eigenvalue weighted by Gasteiger charge is -2.25. The SMILES string of the molecule is COC(=O)Nc1ccc(-c2cccnc2C(Cc2cc(F)cc(F)c2)NSC(C)(C)C)cc1. The Hall–Kier alpha value is -2.97. The van der Waals surface area contributed by atoms with Gasteiger partial charge in [0.05, 0.1) is 18.8 Å². The molecule has 2 N–H and O–H groups in total. The van der Waals surface area contributed by atoms with Crippen LogP contribution in [0.25, 0.3) is 11.1 Å². The van der Waals surface area contributed by atoms with Gasteiger partial charge in [-0.2, -0.15) is 0 Å². The summed E-state index contributed by atoms with van der Waals surface area (Å²) in [4.78, 5) is 16.1. The van der Waals surface area contributed by atoms with Gasteiger partial charge in [-0.05, 0) is 68.7 Å². The van der Waals surface area contributed by atoms with Gasteiger partial charge in [-0.3, -0.25) is 15.0 Å². The maximum atomic E-state index is 13.8. The van der Waals surface area contributed by atoms with Gasteiger partial charge in [0, 0.05) is 28.3 Å². The average molecular weight is 472 g/mol. The summed E-state index contributed by atoms with van der Waals surface area (Å²) >= 11 is 1.54. The molecule has 0 spiro atoms. The maximum absolute atomic E-state index is 13.8. The minimum absolute atomic E-state index is 0.0818. The summed E-state index contributed by atoms with van der Waals surface area (Å²) in [6.07, 6.45) is 1.51. The number of benzene rings is 2. The topological polar surface area (TPSA) is 63.2 Å². The van der Waals surface area contributed by atoms with Crippen LogP contribution in [0, 0.1) is 11.6 Å². The highest BCUT2D eigenvalue weighted by Gasteiger charge is 2.22. The number of halogens is 2. The molecule has 1 heterocycles. The van der Waals surface area contributed by atoms with Gasteiger partial charge in [-0.15, -0.1) is 0 Å². The summed E-state index contributed by atoms with van der Waals surface area (Å²) in [6.45, 7) is 6.24. The van der Waals surface area contributed by atoms with Gasteiger partial charge in [-0.1, -0.05) is 30.1 Å². The monoisotopic (exact) mass is 471 g/mol. The number of anilines is 1. The molecule has 0 aliphatic rings. The number of amides is 1. The number of pyridine rings is 1. The average Bonchev–Trinajstić information content (AvgIpc) is 2.76. The number of aromatic nitrogens is 1. The van der Waals surface area contributed by atoms with Crippen molar-refractivity contribution in [1.82, 2.24) is 9.71 Å². The Labute approximate surface area is 197 Å². The zero-order valence-electron chi connectivity index (χ0n) is 19.0. The maximum Gasteiger partial charge on any atom is 0.411 e. The Balaban J connectivity index is 1.96. The number of ether oxygens (including phenoxy) is 1. The highest BCUT2D eigenvalue weighted by molar-refractivity contribution is 7.98. The fourth-order valence-corrected chi connectivity index (χ4v) is 3.94. The first kappa shape index (κ1) is 24.7. The van der Waals surface area contributed by atoms with Gasteiger partial charge in [-0.25, -0.2) is 13.6 Å². The van der Waals surface area contributed by atoms with Crippen LogP contribution in [-0.4, -0.2) is 22.9 Å². The summed E-state index contributed by atoms with van der Waals surface area (Å²) in [5.74, 6) is -1.22. The van der Waals surface area contributed by atoms with Crippen molar-refractivity contribution in [3.05, 3.63) is 83.7 Å². The number of hydrogen-bond donors (Lipinski definition) is 2. The van der Waals surface area contributed by atoms with E-state index in [1.54, 1.807) is 30.3 Å². The Bertz CT molecular complexity index is 1080. The molecule has 0 aliphatic heterocycles. The van der Waals surface area contributed by atoms with E-state index in [0.29, 0.717) is 17.7 Å².